The van der Waals surface area contributed by atoms with Gasteiger partial charge < -0.3 is 19.8 Å². The molecule has 0 aliphatic carbocycles. The van der Waals surface area contributed by atoms with Gasteiger partial charge in [-0.15, -0.1) is 0 Å². The normalized spacial score (nSPS) is 22.0. The average Bonchev–Trinajstić information content (AvgIpc) is 2.84. The van der Waals surface area contributed by atoms with E-state index in [2.05, 4.69) is 5.43 Å². The first-order valence-electron chi connectivity index (χ1n) is 8.73. The molecule has 2 aliphatic heterocycles. The Labute approximate surface area is 151 Å². The molecule has 2 aromatic rings. The van der Waals surface area contributed by atoms with Gasteiger partial charge in [0.2, 0.25) is 5.43 Å². The zero-order chi connectivity index (χ0) is 18.1. The Kier molecular flexibility index (Phi) is 4.38. The van der Waals surface area contributed by atoms with Crippen LogP contribution in [0.25, 0.3) is 0 Å². The number of hydrogen-bond acceptors (Lipinski definition) is 5. The predicted octanol–water partition coefficient (Wildman–Crippen LogP) is 1.42. The molecule has 1 saturated heterocycles. The monoisotopic (exact) mass is 355 g/mol. The number of benzene rings is 1. The van der Waals surface area contributed by atoms with E-state index >= 15 is 0 Å². The van der Waals surface area contributed by atoms with Gasteiger partial charge in [-0.2, -0.15) is 0 Å². The lowest BCUT2D eigenvalue weighted by Gasteiger charge is -2.39. The number of aromatic nitrogens is 1. The van der Waals surface area contributed by atoms with Gasteiger partial charge >= 0.3 is 0 Å². The van der Waals surface area contributed by atoms with Crippen LogP contribution in [-0.2, 0) is 11.3 Å². The van der Waals surface area contributed by atoms with E-state index in [0.717, 1.165) is 5.56 Å². The molecule has 0 bridgehead atoms. The van der Waals surface area contributed by atoms with Crippen LogP contribution < -0.4 is 15.6 Å². The van der Waals surface area contributed by atoms with Crippen molar-refractivity contribution in [3.63, 3.8) is 0 Å². The Hall–Kier alpha value is -2.80. The van der Waals surface area contributed by atoms with Gasteiger partial charge in [0, 0.05) is 24.7 Å². The van der Waals surface area contributed by atoms with Crippen LogP contribution in [-0.4, -0.2) is 41.4 Å². The number of nitrogens with zero attached hydrogens (tertiary/aromatic N) is 2. The van der Waals surface area contributed by atoms with Crippen LogP contribution in [0.15, 0.2) is 47.4 Å². The van der Waals surface area contributed by atoms with Crippen LogP contribution in [0.3, 0.4) is 0 Å². The first-order valence-corrected chi connectivity index (χ1v) is 8.73. The lowest BCUT2D eigenvalue weighted by Crippen LogP contribution is -2.56. The summed E-state index contributed by atoms with van der Waals surface area (Å²) in [5.41, 5.74) is 4.17. The average molecular weight is 355 g/mol. The van der Waals surface area contributed by atoms with Crippen LogP contribution in [0.1, 0.15) is 23.0 Å². The van der Waals surface area contributed by atoms with Gasteiger partial charge in [0.15, 0.2) is 11.4 Å². The van der Waals surface area contributed by atoms with Crippen molar-refractivity contribution < 1.29 is 14.3 Å². The molecule has 2 aliphatic rings. The number of ether oxygens (including phenoxy) is 2. The molecule has 136 valence electrons. The fraction of sp³-hybridized carbons (Fsp3) is 0.368. The highest BCUT2D eigenvalue weighted by molar-refractivity contribution is 5.96. The molecule has 3 heterocycles. The lowest BCUT2D eigenvalue weighted by atomic mass is 10.1. The third kappa shape index (κ3) is 2.94. The molecule has 7 nitrogen and oxygen atoms in total. The summed E-state index contributed by atoms with van der Waals surface area (Å²) in [6.07, 6.45) is 1.41. The smallest absolute Gasteiger partial charge is 0.278 e. The van der Waals surface area contributed by atoms with E-state index in [4.69, 9.17) is 9.47 Å². The zero-order valence-corrected chi connectivity index (χ0v) is 14.6. The highest BCUT2D eigenvalue weighted by atomic mass is 16.5. The Morgan fingerprint density at radius 2 is 2.04 bits per heavy atom. The second kappa shape index (κ2) is 6.84. The number of carbonyl (C=O) groups is 1. The third-order valence-electron chi connectivity index (χ3n) is 4.75. The molecule has 1 N–H and O–H groups in total. The topological polar surface area (TPSA) is 72.8 Å². The van der Waals surface area contributed by atoms with Gasteiger partial charge in [0.25, 0.3) is 5.91 Å². The number of rotatable bonds is 3. The molecule has 26 heavy (non-hydrogen) atoms. The Morgan fingerprint density at radius 1 is 1.23 bits per heavy atom. The predicted molar refractivity (Wildman–Crippen MR) is 95.6 cm³/mol. The second-order valence-corrected chi connectivity index (χ2v) is 6.63. The number of amides is 1. The quantitative estimate of drug-likeness (QED) is 0.902. The van der Waals surface area contributed by atoms with Crippen molar-refractivity contribution in [2.24, 2.45) is 5.92 Å². The molecule has 0 saturated carbocycles. The van der Waals surface area contributed by atoms with Crippen molar-refractivity contribution in [3.8, 4) is 5.75 Å². The van der Waals surface area contributed by atoms with Crippen molar-refractivity contribution in [1.82, 2.24) is 9.58 Å². The maximum absolute atomic E-state index is 13.1. The first kappa shape index (κ1) is 16.7. The lowest BCUT2D eigenvalue weighted by molar-refractivity contribution is 0.0602. The van der Waals surface area contributed by atoms with Crippen LogP contribution in [0, 0.1) is 5.92 Å². The van der Waals surface area contributed by atoms with Crippen LogP contribution >= 0.6 is 0 Å². The summed E-state index contributed by atoms with van der Waals surface area (Å²) in [5, 5.41) is 0. The minimum atomic E-state index is -0.306. The first-order chi connectivity index (χ1) is 12.6. The van der Waals surface area contributed by atoms with Gasteiger partial charge in [0.1, 0.15) is 12.8 Å². The molecule has 1 unspecified atom stereocenters. The Morgan fingerprint density at radius 3 is 2.85 bits per heavy atom. The van der Waals surface area contributed by atoms with Crippen LogP contribution in [0.4, 0.5) is 0 Å². The summed E-state index contributed by atoms with van der Waals surface area (Å²) < 4.78 is 13.0. The van der Waals surface area contributed by atoms with E-state index in [1.807, 2.05) is 37.3 Å². The third-order valence-corrected chi connectivity index (χ3v) is 4.75. The largest absolute Gasteiger partial charge is 0.482 e. The zero-order valence-electron chi connectivity index (χ0n) is 14.6. The molecule has 7 heteroatoms. The van der Waals surface area contributed by atoms with Gasteiger partial charge in [0.05, 0.1) is 13.2 Å². The van der Waals surface area contributed by atoms with E-state index in [0.29, 0.717) is 19.8 Å². The van der Waals surface area contributed by atoms with E-state index in [1.165, 1.54) is 6.07 Å². The highest BCUT2D eigenvalue weighted by Gasteiger charge is 2.38. The standard InChI is InChI=1S/C19H21N3O4/c1-13-11-25-10-9-21-18(13)20-22-8-7-15(23)17(16(22)19(21)24)26-12-14-5-3-2-4-6-14/h2-8,13,18,20H,9-12H2,1H3/t13-,18?/m0/s1. The highest BCUT2D eigenvalue weighted by Crippen LogP contribution is 2.25. The van der Waals surface area contributed by atoms with Gasteiger partial charge in [-0.25, -0.2) is 0 Å². The number of carbonyl (C=O) groups excluding carboxylic acids is 1. The van der Waals surface area contributed by atoms with Crippen LogP contribution in [0.5, 0.6) is 5.75 Å². The van der Waals surface area contributed by atoms with E-state index in [-0.39, 0.29) is 41.5 Å². The number of nitrogens with one attached hydrogen (secondary N) is 1. The SMILES string of the molecule is C[C@H]1COCCN2C(=O)c3c(OCc4ccccc4)c(=O)ccn3NC12. The maximum atomic E-state index is 13.1. The van der Waals surface area contributed by atoms with Gasteiger partial charge in [-0.05, 0) is 5.56 Å². The van der Waals surface area contributed by atoms with E-state index < -0.39 is 0 Å². The molecular formula is C19H21N3O4. The molecule has 0 radical (unpaired) electrons. The maximum Gasteiger partial charge on any atom is 0.278 e. The molecule has 1 amide bonds. The summed E-state index contributed by atoms with van der Waals surface area (Å²) in [6.45, 7) is 3.79. The molecule has 2 atom stereocenters. The molecule has 1 fully saturated rings. The summed E-state index contributed by atoms with van der Waals surface area (Å²) in [6, 6.07) is 11.0. The van der Waals surface area contributed by atoms with Gasteiger partial charge in [-0.1, -0.05) is 37.3 Å². The fourth-order valence-electron chi connectivity index (χ4n) is 3.37. The van der Waals surface area contributed by atoms with Crippen molar-refractivity contribution >= 4 is 5.91 Å². The number of hydrogen-bond donors (Lipinski definition) is 1. The summed E-state index contributed by atoms with van der Waals surface area (Å²) in [7, 11) is 0. The van der Waals surface area contributed by atoms with Crippen molar-refractivity contribution in [1.29, 1.82) is 0 Å². The summed E-state index contributed by atoms with van der Waals surface area (Å²) >= 11 is 0. The van der Waals surface area contributed by atoms with Crippen molar-refractivity contribution in [3.05, 3.63) is 64.1 Å². The number of fused-ring (bicyclic) bond motifs is 2. The van der Waals surface area contributed by atoms with E-state index in [1.54, 1.807) is 15.8 Å². The molecular weight excluding hydrogens is 334 g/mol. The van der Waals surface area contributed by atoms with Crippen LogP contribution in [0.2, 0.25) is 0 Å². The minimum Gasteiger partial charge on any atom is -0.482 e. The van der Waals surface area contributed by atoms with Crippen molar-refractivity contribution in [2.45, 2.75) is 19.7 Å². The number of pyridine rings is 1. The molecule has 1 aromatic heterocycles. The summed E-state index contributed by atoms with van der Waals surface area (Å²) in [5.74, 6) is -0.0142. The molecule has 4 rings (SSSR count). The van der Waals surface area contributed by atoms with E-state index in [9.17, 15) is 9.59 Å². The van der Waals surface area contributed by atoms with Crippen molar-refractivity contribution in [2.75, 3.05) is 25.2 Å². The van der Waals surface area contributed by atoms with Gasteiger partial charge in [-0.3, -0.25) is 14.3 Å². The second-order valence-electron chi connectivity index (χ2n) is 6.63. The minimum absolute atomic E-state index is 0.0742. The summed E-state index contributed by atoms with van der Waals surface area (Å²) in [4.78, 5) is 27.2. The Bertz CT molecular complexity index is 865. The Balaban J connectivity index is 1.69. The molecule has 1 aromatic carbocycles. The molecule has 0 spiro atoms. The fourth-order valence-corrected chi connectivity index (χ4v) is 3.37.